The molecular formula is C35H44O8. The van der Waals surface area contributed by atoms with E-state index in [1.165, 1.54) is 0 Å². The van der Waals surface area contributed by atoms with Crippen molar-refractivity contribution >= 4 is 0 Å². The first-order valence-corrected chi connectivity index (χ1v) is 15.0. The highest BCUT2D eigenvalue weighted by Gasteiger charge is 2.49. The molecule has 232 valence electrons. The average molecular weight is 593 g/mol. The van der Waals surface area contributed by atoms with Crippen molar-refractivity contribution in [2.45, 2.75) is 88.8 Å². The molecule has 9 atom stereocenters. The van der Waals surface area contributed by atoms with Gasteiger partial charge in [-0.3, -0.25) is 0 Å². The van der Waals surface area contributed by atoms with E-state index in [-0.39, 0.29) is 31.0 Å². The summed E-state index contributed by atoms with van der Waals surface area (Å²) in [6.07, 6.45) is -3.79. The Morgan fingerprint density at radius 2 is 1.02 bits per heavy atom. The Kier molecular flexibility index (Phi) is 11.7. The van der Waals surface area contributed by atoms with Gasteiger partial charge >= 0.3 is 0 Å². The minimum absolute atomic E-state index is 0.153. The lowest BCUT2D eigenvalue weighted by Crippen LogP contribution is -2.62. The van der Waals surface area contributed by atoms with Crippen molar-refractivity contribution in [3.63, 3.8) is 0 Å². The third kappa shape index (κ3) is 8.29. The summed E-state index contributed by atoms with van der Waals surface area (Å²) in [7, 11) is 3.33. The molecule has 5 unspecified atom stereocenters. The first-order valence-electron chi connectivity index (χ1n) is 15.0. The van der Waals surface area contributed by atoms with Gasteiger partial charge in [0.25, 0.3) is 0 Å². The highest BCUT2D eigenvalue weighted by molar-refractivity contribution is 5.15. The molecular weight excluding hydrogens is 548 g/mol. The number of benzene rings is 3. The van der Waals surface area contributed by atoms with Crippen LogP contribution in [-0.4, -0.2) is 75.9 Å². The maximum atomic E-state index is 6.71. The molecule has 5 rings (SSSR count). The van der Waals surface area contributed by atoms with E-state index in [0.717, 1.165) is 16.7 Å². The van der Waals surface area contributed by atoms with Crippen LogP contribution >= 0.6 is 0 Å². The van der Waals surface area contributed by atoms with Gasteiger partial charge in [-0.05, 0) is 30.5 Å². The van der Waals surface area contributed by atoms with Gasteiger partial charge in [-0.2, -0.15) is 0 Å². The van der Waals surface area contributed by atoms with Crippen molar-refractivity contribution in [1.29, 1.82) is 0 Å². The SMILES string of the molecule is COC1C(OC)[C@H](C)O[C@H](C)C1O[C@@H]1OC[C@@H](OCc2ccccc2)C(OCc2ccccc2)C1OCc1ccccc1. The maximum absolute atomic E-state index is 6.71. The second-order valence-corrected chi connectivity index (χ2v) is 11.1. The molecule has 8 nitrogen and oxygen atoms in total. The second-order valence-electron chi connectivity index (χ2n) is 11.1. The van der Waals surface area contributed by atoms with Crippen LogP contribution < -0.4 is 0 Å². The largest absolute Gasteiger partial charge is 0.376 e. The molecule has 2 heterocycles. The molecule has 0 saturated carbocycles. The number of ether oxygens (including phenoxy) is 8. The zero-order valence-corrected chi connectivity index (χ0v) is 25.5. The van der Waals surface area contributed by atoms with Gasteiger partial charge in [0, 0.05) is 14.2 Å². The fourth-order valence-electron chi connectivity index (χ4n) is 5.84. The fraction of sp³-hybridized carbons (Fsp3) is 0.486. The van der Waals surface area contributed by atoms with E-state index in [9.17, 15) is 0 Å². The van der Waals surface area contributed by atoms with Gasteiger partial charge in [0.05, 0.1) is 38.6 Å². The van der Waals surface area contributed by atoms with Crippen LogP contribution in [0.4, 0.5) is 0 Å². The maximum Gasteiger partial charge on any atom is 0.187 e. The van der Waals surface area contributed by atoms with Crippen molar-refractivity contribution < 1.29 is 37.9 Å². The summed E-state index contributed by atoms with van der Waals surface area (Å²) in [6.45, 7) is 5.40. The molecule has 2 saturated heterocycles. The van der Waals surface area contributed by atoms with Crippen LogP contribution in [0.2, 0.25) is 0 Å². The quantitative estimate of drug-likeness (QED) is 0.264. The van der Waals surface area contributed by atoms with Crippen LogP contribution in [0.3, 0.4) is 0 Å². The first-order chi connectivity index (χ1) is 21.1. The van der Waals surface area contributed by atoms with E-state index in [1.807, 2.05) is 105 Å². The Labute approximate surface area is 255 Å². The van der Waals surface area contributed by atoms with Crippen molar-refractivity contribution in [2.75, 3.05) is 20.8 Å². The lowest BCUT2D eigenvalue weighted by molar-refractivity contribution is -0.337. The Morgan fingerprint density at radius 3 is 1.53 bits per heavy atom. The van der Waals surface area contributed by atoms with Crippen LogP contribution in [0.1, 0.15) is 30.5 Å². The van der Waals surface area contributed by atoms with Gasteiger partial charge in [0.15, 0.2) is 6.29 Å². The zero-order chi connectivity index (χ0) is 30.0. The number of methoxy groups -OCH3 is 2. The molecule has 0 N–H and O–H groups in total. The normalized spacial score (nSPS) is 31.1. The molecule has 0 bridgehead atoms. The second kappa shape index (κ2) is 15.9. The Hall–Kier alpha value is -2.66. The molecule has 8 heteroatoms. The first kappa shape index (κ1) is 31.8. The smallest absolute Gasteiger partial charge is 0.187 e. The molecule has 3 aromatic carbocycles. The van der Waals surface area contributed by atoms with Crippen molar-refractivity contribution in [1.82, 2.24) is 0 Å². The van der Waals surface area contributed by atoms with Gasteiger partial charge in [0.1, 0.15) is 36.6 Å². The molecule has 43 heavy (non-hydrogen) atoms. The third-order valence-corrected chi connectivity index (χ3v) is 8.10. The number of rotatable bonds is 13. The lowest BCUT2D eigenvalue weighted by Gasteiger charge is -2.47. The predicted molar refractivity (Wildman–Crippen MR) is 161 cm³/mol. The molecule has 0 aliphatic carbocycles. The monoisotopic (exact) mass is 592 g/mol. The topological polar surface area (TPSA) is 73.8 Å². The Bertz CT molecular complexity index is 1200. The molecule has 2 aliphatic rings. The van der Waals surface area contributed by atoms with Gasteiger partial charge in [-0.15, -0.1) is 0 Å². The summed E-state index contributed by atoms with van der Waals surface area (Å²) < 4.78 is 50.7. The minimum Gasteiger partial charge on any atom is -0.376 e. The minimum atomic E-state index is -0.763. The summed E-state index contributed by atoms with van der Waals surface area (Å²) in [6, 6.07) is 30.2. The lowest BCUT2D eigenvalue weighted by atomic mass is 9.95. The predicted octanol–water partition coefficient (Wildman–Crippen LogP) is 5.32. The van der Waals surface area contributed by atoms with E-state index < -0.39 is 30.7 Å². The van der Waals surface area contributed by atoms with E-state index in [4.69, 9.17) is 37.9 Å². The molecule has 0 radical (unpaired) electrons. The van der Waals surface area contributed by atoms with Gasteiger partial charge < -0.3 is 37.9 Å². The van der Waals surface area contributed by atoms with Crippen molar-refractivity contribution in [2.24, 2.45) is 0 Å². The highest BCUT2D eigenvalue weighted by atomic mass is 16.7. The zero-order valence-electron chi connectivity index (χ0n) is 25.5. The summed E-state index contributed by atoms with van der Waals surface area (Å²) in [5.74, 6) is 0. The van der Waals surface area contributed by atoms with Gasteiger partial charge in [0.2, 0.25) is 0 Å². The molecule has 0 amide bonds. The summed E-state index contributed by atoms with van der Waals surface area (Å²) in [5.41, 5.74) is 3.16. The van der Waals surface area contributed by atoms with E-state index in [2.05, 4.69) is 0 Å². The Morgan fingerprint density at radius 1 is 0.558 bits per heavy atom. The molecule has 0 spiro atoms. The van der Waals surface area contributed by atoms with Crippen LogP contribution in [0.5, 0.6) is 0 Å². The summed E-state index contributed by atoms with van der Waals surface area (Å²) in [4.78, 5) is 0. The molecule has 2 fully saturated rings. The number of hydrogen-bond donors (Lipinski definition) is 0. The fourth-order valence-corrected chi connectivity index (χ4v) is 5.84. The van der Waals surface area contributed by atoms with E-state index in [0.29, 0.717) is 19.8 Å². The van der Waals surface area contributed by atoms with E-state index in [1.54, 1.807) is 14.2 Å². The summed E-state index contributed by atoms with van der Waals surface area (Å²) in [5, 5.41) is 0. The van der Waals surface area contributed by atoms with Crippen LogP contribution in [0.15, 0.2) is 91.0 Å². The Balaban J connectivity index is 1.41. The van der Waals surface area contributed by atoms with E-state index >= 15 is 0 Å². The van der Waals surface area contributed by atoms with Gasteiger partial charge in [-0.1, -0.05) is 91.0 Å². The molecule has 2 aliphatic heterocycles. The summed E-state index contributed by atoms with van der Waals surface area (Å²) >= 11 is 0. The van der Waals surface area contributed by atoms with Crippen LogP contribution in [0, 0.1) is 0 Å². The average Bonchev–Trinajstić information content (AvgIpc) is 3.04. The standard InChI is InChI=1S/C35H44O8/c1-24-30(36-3)33(37-4)31(25(2)42-24)43-35-34(40-22-28-18-12-7-13-19-28)32(39-21-27-16-10-6-11-17-27)29(23-41-35)38-20-26-14-8-5-9-15-26/h5-19,24-25,29-35H,20-23H2,1-4H3/t24-,25+,29+,30?,31?,32?,33?,34?,35-/m0/s1. The highest BCUT2D eigenvalue weighted by Crippen LogP contribution is 2.33. The third-order valence-electron chi connectivity index (χ3n) is 8.10. The van der Waals surface area contributed by atoms with Crippen LogP contribution in [0.25, 0.3) is 0 Å². The van der Waals surface area contributed by atoms with Crippen molar-refractivity contribution in [3.8, 4) is 0 Å². The number of hydrogen-bond acceptors (Lipinski definition) is 8. The molecule has 3 aromatic rings. The van der Waals surface area contributed by atoms with Gasteiger partial charge in [-0.25, -0.2) is 0 Å². The molecule has 0 aromatic heterocycles. The van der Waals surface area contributed by atoms with Crippen LogP contribution in [-0.2, 0) is 57.7 Å². The van der Waals surface area contributed by atoms with Crippen molar-refractivity contribution in [3.05, 3.63) is 108 Å².